The molecule has 0 fully saturated rings. The van der Waals surface area contributed by atoms with Crippen molar-refractivity contribution >= 4 is 0 Å². The molecule has 0 aliphatic carbocycles. The summed E-state index contributed by atoms with van der Waals surface area (Å²) in [5, 5.41) is 49.7. The molecule has 0 bridgehead atoms. The molecule has 0 heterocycles. The minimum Gasteiger partial charge on any atom is -0.852 e. The largest absolute Gasteiger partial charge is 4.00 e. The summed E-state index contributed by atoms with van der Waals surface area (Å²) < 4.78 is 11.6. The first-order valence-corrected chi connectivity index (χ1v) is 13.0. The Morgan fingerprint density at radius 2 is 0.971 bits per heavy atom. The minimum atomic E-state index is -0.952. The van der Waals surface area contributed by atoms with Gasteiger partial charge in [-0.15, -0.1) is 24.4 Å². The van der Waals surface area contributed by atoms with Crippen LogP contribution in [0.4, 0.5) is 0 Å². The van der Waals surface area contributed by atoms with Crippen molar-refractivity contribution < 1.29 is 51.6 Å². The van der Waals surface area contributed by atoms with E-state index in [4.69, 9.17) is 9.47 Å². The van der Waals surface area contributed by atoms with Gasteiger partial charge in [0, 0.05) is 13.2 Å². The molecule has 206 valence electrons. The zero-order chi connectivity index (χ0) is 27.0. The summed E-state index contributed by atoms with van der Waals surface area (Å²) in [4.78, 5) is 0. The van der Waals surface area contributed by atoms with E-state index < -0.39 is 46.1 Å². The molecular weight excluding hydrogens is 480 g/mol. The van der Waals surface area contributed by atoms with Gasteiger partial charge >= 0.3 is 21.7 Å². The van der Waals surface area contributed by atoms with Crippen LogP contribution in [-0.2, 0) is 31.2 Å². The third kappa shape index (κ3) is 15.5. The molecule has 0 aromatic heterocycles. The second-order valence-electron chi connectivity index (χ2n) is 14.0. The van der Waals surface area contributed by atoms with Gasteiger partial charge in [0.05, 0.1) is 13.2 Å². The second kappa shape index (κ2) is 15.8. The first-order valence-electron chi connectivity index (χ1n) is 13.0. The van der Waals surface area contributed by atoms with Crippen LogP contribution in [-0.4, -0.2) is 50.8 Å². The van der Waals surface area contributed by atoms with E-state index in [1.807, 2.05) is 69.2 Å². The van der Waals surface area contributed by atoms with E-state index in [0.29, 0.717) is 32.3 Å². The number of hydrogen-bond acceptors (Lipinski definition) is 6. The van der Waals surface area contributed by atoms with E-state index in [9.17, 15) is 20.4 Å². The molecule has 0 amide bonds. The van der Waals surface area contributed by atoms with Crippen LogP contribution < -0.4 is 20.4 Å². The van der Waals surface area contributed by atoms with Crippen LogP contribution in [0.3, 0.4) is 0 Å². The van der Waals surface area contributed by atoms with Gasteiger partial charge in [0.15, 0.2) is 0 Å². The van der Waals surface area contributed by atoms with E-state index in [-0.39, 0.29) is 34.6 Å². The Kier molecular flexibility index (Phi) is 17.0. The predicted octanol–water partition coefficient (Wildman–Crippen LogP) is 2.27. The molecule has 0 aliphatic rings. The van der Waals surface area contributed by atoms with Crippen molar-refractivity contribution in [3.63, 3.8) is 0 Å². The van der Waals surface area contributed by atoms with Crippen molar-refractivity contribution in [2.24, 2.45) is 27.6 Å². The van der Waals surface area contributed by atoms with E-state index in [0.717, 1.165) is 12.8 Å². The summed E-state index contributed by atoms with van der Waals surface area (Å²) in [7, 11) is 0. The average Bonchev–Trinajstić information content (AvgIpc) is 2.65. The van der Waals surface area contributed by atoms with Crippen molar-refractivity contribution in [3.05, 3.63) is 0 Å². The predicted molar refractivity (Wildman–Crippen MR) is 131 cm³/mol. The molecule has 0 saturated carbocycles. The molecule has 35 heavy (non-hydrogen) atoms. The first-order chi connectivity index (χ1) is 15.2. The third-order valence-electron chi connectivity index (χ3n) is 6.87. The van der Waals surface area contributed by atoms with Crippen LogP contribution in [0.15, 0.2) is 0 Å². The van der Waals surface area contributed by atoms with E-state index in [1.54, 1.807) is 0 Å². The SMILES string of the molecule is CC(CCCOCC(C)(C)C([O-])CC([O-])C(C)(C)C)COCC(C)(C)C([O-])CC([O-])C(C)(C)C.[Ti+4]. The van der Waals surface area contributed by atoms with Gasteiger partial charge in [-0.05, 0) is 29.6 Å². The second-order valence-corrected chi connectivity index (χ2v) is 14.0. The van der Waals surface area contributed by atoms with Crippen molar-refractivity contribution in [3.8, 4) is 0 Å². The molecule has 5 unspecified atom stereocenters. The summed E-state index contributed by atoms with van der Waals surface area (Å²) in [6, 6.07) is 0. The van der Waals surface area contributed by atoms with E-state index in [2.05, 4.69) is 6.92 Å². The summed E-state index contributed by atoms with van der Waals surface area (Å²) in [6.07, 6.45) is -1.66. The quantitative estimate of drug-likeness (QED) is 0.222. The van der Waals surface area contributed by atoms with Crippen LogP contribution >= 0.6 is 0 Å². The average molecular weight is 535 g/mol. The van der Waals surface area contributed by atoms with Crippen LogP contribution in [0.2, 0.25) is 0 Å². The third-order valence-corrected chi connectivity index (χ3v) is 6.87. The van der Waals surface area contributed by atoms with Gasteiger partial charge in [-0.3, -0.25) is 0 Å². The van der Waals surface area contributed by atoms with Crippen molar-refractivity contribution in [2.45, 2.75) is 126 Å². The Hall–Kier alpha value is 0.474. The summed E-state index contributed by atoms with van der Waals surface area (Å²) >= 11 is 0. The Morgan fingerprint density at radius 3 is 1.34 bits per heavy atom. The molecule has 0 saturated heterocycles. The maximum atomic E-state index is 12.6. The van der Waals surface area contributed by atoms with E-state index >= 15 is 0 Å². The van der Waals surface area contributed by atoms with Crippen LogP contribution in [0, 0.1) is 27.6 Å². The Bertz CT molecular complexity index is 553. The monoisotopic (exact) mass is 534 g/mol. The number of ether oxygens (including phenoxy) is 2. The van der Waals surface area contributed by atoms with Crippen molar-refractivity contribution in [2.75, 3.05) is 26.4 Å². The normalized spacial score (nSPS) is 17.9. The molecule has 0 rings (SSSR count). The zero-order valence-electron chi connectivity index (χ0n) is 24.5. The van der Waals surface area contributed by atoms with Gasteiger partial charge in [0.1, 0.15) is 0 Å². The standard InChI is InChI=1S/C28H54O6.Ti/c1-20(17-34-19-28(10,11)24(32)16-22(30)26(5,6)7)13-12-14-33-18-27(8,9)23(31)15-21(29)25(2,3)4;/h20-24H,12-19H2,1-11H3;/q-4;+4. The van der Waals surface area contributed by atoms with Gasteiger partial charge in [0.2, 0.25) is 0 Å². The zero-order valence-corrected chi connectivity index (χ0v) is 26.1. The van der Waals surface area contributed by atoms with Gasteiger partial charge in [-0.1, -0.05) is 99.8 Å². The molecule has 7 heteroatoms. The van der Waals surface area contributed by atoms with Crippen LogP contribution in [0.1, 0.15) is 102 Å². The molecule has 0 spiro atoms. The Morgan fingerprint density at radius 1 is 0.600 bits per heavy atom. The van der Waals surface area contributed by atoms with Crippen molar-refractivity contribution in [1.82, 2.24) is 0 Å². The van der Waals surface area contributed by atoms with Gasteiger partial charge in [0.25, 0.3) is 0 Å². The fraction of sp³-hybridized carbons (Fsp3) is 1.00. The van der Waals surface area contributed by atoms with Crippen molar-refractivity contribution in [1.29, 1.82) is 0 Å². The number of hydrogen-bond donors (Lipinski definition) is 0. The van der Waals surface area contributed by atoms with Gasteiger partial charge in [-0.2, -0.15) is 0 Å². The summed E-state index contributed by atoms with van der Waals surface area (Å²) in [5.41, 5.74) is -2.00. The fourth-order valence-corrected chi connectivity index (χ4v) is 3.40. The van der Waals surface area contributed by atoms with Crippen LogP contribution in [0.5, 0.6) is 0 Å². The van der Waals surface area contributed by atoms with Gasteiger partial charge in [-0.25, -0.2) is 0 Å². The molecule has 0 aliphatic heterocycles. The smallest absolute Gasteiger partial charge is 0.852 e. The molecule has 0 radical (unpaired) electrons. The first kappa shape index (κ1) is 37.6. The molecule has 5 atom stereocenters. The molecule has 0 aromatic rings. The molecule has 0 N–H and O–H groups in total. The minimum absolute atomic E-state index is 0. The molecular formula is C28H54O6Ti. The number of rotatable bonds is 16. The molecule has 6 nitrogen and oxygen atoms in total. The van der Waals surface area contributed by atoms with Gasteiger partial charge < -0.3 is 29.9 Å². The topological polar surface area (TPSA) is 111 Å². The summed E-state index contributed by atoms with van der Waals surface area (Å²) in [5.74, 6) is 0.319. The fourth-order valence-electron chi connectivity index (χ4n) is 3.40. The van der Waals surface area contributed by atoms with Crippen LogP contribution in [0.25, 0.3) is 0 Å². The maximum Gasteiger partial charge on any atom is 4.00 e. The summed E-state index contributed by atoms with van der Waals surface area (Å²) in [6.45, 7) is 22.7. The maximum absolute atomic E-state index is 12.6. The Labute approximate surface area is 231 Å². The molecule has 0 aromatic carbocycles. The van der Waals surface area contributed by atoms with E-state index in [1.165, 1.54) is 0 Å². The Balaban J connectivity index is 0.